The molecule has 0 radical (unpaired) electrons. The Morgan fingerprint density at radius 3 is 2.50 bits per heavy atom. The SMILES string of the molecule is Cc1ccc(Oc2ccc(Cl)cc2C(N)=NO)c(Cl)c1. The molecule has 0 spiro atoms. The van der Waals surface area contributed by atoms with E-state index in [4.69, 9.17) is 38.9 Å². The maximum absolute atomic E-state index is 8.80. The second kappa shape index (κ2) is 6.03. The largest absolute Gasteiger partial charge is 0.455 e. The van der Waals surface area contributed by atoms with Crippen molar-refractivity contribution in [2.75, 3.05) is 0 Å². The maximum Gasteiger partial charge on any atom is 0.173 e. The van der Waals surface area contributed by atoms with Crippen molar-refractivity contribution < 1.29 is 9.94 Å². The summed E-state index contributed by atoms with van der Waals surface area (Å²) in [4.78, 5) is 0. The number of nitrogens with two attached hydrogens (primary N) is 1. The van der Waals surface area contributed by atoms with Gasteiger partial charge in [-0.3, -0.25) is 0 Å². The Bertz CT molecular complexity index is 672. The monoisotopic (exact) mass is 310 g/mol. The van der Waals surface area contributed by atoms with Crippen LogP contribution in [0, 0.1) is 6.92 Å². The average Bonchev–Trinajstić information content (AvgIpc) is 2.42. The smallest absolute Gasteiger partial charge is 0.173 e. The molecule has 0 fully saturated rings. The van der Waals surface area contributed by atoms with Crippen LogP contribution in [0.25, 0.3) is 0 Å². The highest BCUT2D eigenvalue weighted by atomic mass is 35.5. The lowest BCUT2D eigenvalue weighted by atomic mass is 10.2. The highest BCUT2D eigenvalue weighted by Gasteiger charge is 2.12. The van der Waals surface area contributed by atoms with E-state index in [1.807, 2.05) is 13.0 Å². The lowest BCUT2D eigenvalue weighted by molar-refractivity contribution is 0.318. The van der Waals surface area contributed by atoms with Gasteiger partial charge in [-0.25, -0.2) is 0 Å². The van der Waals surface area contributed by atoms with Crippen molar-refractivity contribution in [3.8, 4) is 11.5 Å². The molecule has 0 aromatic heterocycles. The van der Waals surface area contributed by atoms with Gasteiger partial charge < -0.3 is 15.7 Å². The number of oxime groups is 1. The molecule has 0 saturated carbocycles. The molecular weight excluding hydrogens is 299 g/mol. The van der Waals surface area contributed by atoms with Gasteiger partial charge in [-0.2, -0.15) is 0 Å². The zero-order valence-electron chi connectivity index (χ0n) is 10.6. The van der Waals surface area contributed by atoms with Crippen LogP contribution in [-0.2, 0) is 0 Å². The highest BCUT2D eigenvalue weighted by molar-refractivity contribution is 6.32. The number of rotatable bonds is 3. The van der Waals surface area contributed by atoms with E-state index in [-0.39, 0.29) is 5.84 Å². The molecule has 0 aliphatic heterocycles. The third-order valence-electron chi connectivity index (χ3n) is 2.63. The average molecular weight is 311 g/mol. The minimum Gasteiger partial charge on any atom is -0.455 e. The first-order valence-corrected chi connectivity index (χ1v) is 6.48. The van der Waals surface area contributed by atoms with Gasteiger partial charge in [-0.05, 0) is 42.8 Å². The molecule has 0 bridgehead atoms. The number of amidine groups is 1. The van der Waals surface area contributed by atoms with E-state index in [2.05, 4.69) is 5.16 Å². The Morgan fingerprint density at radius 2 is 1.85 bits per heavy atom. The number of ether oxygens (including phenoxy) is 1. The van der Waals surface area contributed by atoms with E-state index in [1.165, 1.54) is 0 Å². The predicted octanol–water partition coefficient (Wildman–Crippen LogP) is 4.19. The first kappa shape index (κ1) is 14.5. The van der Waals surface area contributed by atoms with Crippen LogP contribution in [0.5, 0.6) is 11.5 Å². The quantitative estimate of drug-likeness (QED) is 0.386. The third-order valence-corrected chi connectivity index (χ3v) is 3.16. The van der Waals surface area contributed by atoms with Crippen molar-refractivity contribution in [3.63, 3.8) is 0 Å². The van der Waals surface area contributed by atoms with Crippen molar-refractivity contribution in [1.82, 2.24) is 0 Å². The molecule has 2 rings (SSSR count). The van der Waals surface area contributed by atoms with Crippen LogP contribution in [0.2, 0.25) is 10.0 Å². The Labute approximate surface area is 126 Å². The van der Waals surface area contributed by atoms with Gasteiger partial charge in [0.2, 0.25) is 0 Å². The minimum atomic E-state index is -0.0919. The predicted molar refractivity (Wildman–Crippen MR) is 80.2 cm³/mol. The van der Waals surface area contributed by atoms with E-state index in [0.717, 1.165) is 5.56 Å². The third kappa shape index (κ3) is 3.15. The summed E-state index contributed by atoms with van der Waals surface area (Å²) in [5.41, 5.74) is 7.02. The summed E-state index contributed by atoms with van der Waals surface area (Å²) in [6.45, 7) is 1.93. The maximum atomic E-state index is 8.80. The summed E-state index contributed by atoms with van der Waals surface area (Å²) < 4.78 is 5.71. The lowest BCUT2D eigenvalue weighted by Gasteiger charge is -2.12. The molecule has 0 saturated heterocycles. The second-order valence-electron chi connectivity index (χ2n) is 4.16. The van der Waals surface area contributed by atoms with Crippen LogP contribution >= 0.6 is 23.2 Å². The van der Waals surface area contributed by atoms with Gasteiger partial charge in [0.05, 0.1) is 10.6 Å². The fourth-order valence-corrected chi connectivity index (χ4v) is 2.10. The molecule has 6 heteroatoms. The molecule has 20 heavy (non-hydrogen) atoms. The molecule has 3 N–H and O–H groups in total. The Hall–Kier alpha value is -1.91. The molecule has 0 unspecified atom stereocenters. The number of nitrogens with zero attached hydrogens (tertiary/aromatic N) is 1. The molecule has 104 valence electrons. The number of hydrogen-bond donors (Lipinski definition) is 2. The van der Waals surface area contributed by atoms with Gasteiger partial charge in [-0.1, -0.05) is 34.4 Å². The standard InChI is InChI=1S/C14H12Cl2N2O2/c1-8-2-4-13(11(16)6-8)20-12-5-3-9(15)7-10(12)14(17)18-19/h2-7,19H,1H3,(H2,17,18). The van der Waals surface area contributed by atoms with E-state index < -0.39 is 0 Å². The van der Waals surface area contributed by atoms with Gasteiger partial charge in [0.25, 0.3) is 0 Å². The van der Waals surface area contributed by atoms with E-state index in [1.54, 1.807) is 30.3 Å². The van der Waals surface area contributed by atoms with Crippen molar-refractivity contribution in [2.45, 2.75) is 6.92 Å². The molecule has 0 heterocycles. The lowest BCUT2D eigenvalue weighted by Crippen LogP contribution is -2.14. The van der Waals surface area contributed by atoms with Crippen molar-refractivity contribution in [3.05, 3.63) is 57.6 Å². The summed E-state index contributed by atoms with van der Waals surface area (Å²) >= 11 is 12.0. The summed E-state index contributed by atoms with van der Waals surface area (Å²) in [6, 6.07) is 10.2. The van der Waals surface area contributed by atoms with Crippen LogP contribution < -0.4 is 10.5 Å². The summed E-state index contributed by atoms with van der Waals surface area (Å²) in [6.07, 6.45) is 0. The Kier molecular flexibility index (Phi) is 4.37. The van der Waals surface area contributed by atoms with Crippen molar-refractivity contribution >= 4 is 29.0 Å². The van der Waals surface area contributed by atoms with Crippen LogP contribution in [-0.4, -0.2) is 11.0 Å². The summed E-state index contributed by atoms with van der Waals surface area (Å²) in [5, 5.41) is 12.7. The Morgan fingerprint density at radius 1 is 1.15 bits per heavy atom. The number of hydrogen-bond acceptors (Lipinski definition) is 3. The van der Waals surface area contributed by atoms with Crippen molar-refractivity contribution in [1.29, 1.82) is 0 Å². The zero-order valence-corrected chi connectivity index (χ0v) is 12.1. The fraction of sp³-hybridized carbons (Fsp3) is 0.0714. The molecule has 0 amide bonds. The van der Waals surface area contributed by atoms with Gasteiger partial charge in [0, 0.05) is 5.02 Å². The number of aryl methyl sites for hydroxylation is 1. The van der Waals surface area contributed by atoms with Crippen LogP contribution in [0.15, 0.2) is 41.6 Å². The van der Waals surface area contributed by atoms with Crippen LogP contribution in [0.1, 0.15) is 11.1 Å². The van der Waals surface area contributed by atoms with Gasteiger partial charge in [0.15, 0.2) is 5.84 Å². The fourth-order valence-electron chi connectivity index (χ4n) is 1.65. The number of halogens is 2. The van der Waals surface area contributed by atoms with E-state index >= 15 is 0 Å². The topological polar surface area (TPSA) is 67.8 Å². The first-order valence-electron chi connectivity index (χ1n) is 5.72. The normalized spacial score (nSPS) is 11.4. The molecule has 0 aliphatic rings. The second-order valence-corrected chi connectivity index (χ2v) is 5.01. The van der Waals surface area contributed by atoms with E-state index in [0.29, 0.717) is 27.1 Å². The van der Waals surface area contributed by atoms with Crippen LogP contribution in [0.4, 0.5) is 0 Å². The van der Waals surface area contributed by atoms with Gasteiger partial charge in [-0.15, -0.1) is 0 Å². The van der Waals surface area contributed by atoms with Crippen LogP contribution in [0.3, 0.4) is 0 Å². The summed E-state index contributed by atoms with van der Waals surface area (Å²) in [5.74, 6) is 0.785. The molecule has 2 aromatic rings. The van der Waals surface area contributed by atoms with Gasteiger partial charge in [0.1, 0.15) is 11.5 Å². The molecular formula is C14H12Cl2N2O2. The summed E-state index contributed by atoms with van der Waals surface area (Å²) in [7, 11) is 0. The number of benzene rings is 2. The molecule has 4 nitrogen and oxygen atoms in total. The van der Waals surface area contributed by atoms with Gasteiger partial charge >= 0.3 is 0 Å². The molecule has 0 atom stereocenters. The molecule has 2 aromatic carbocycles. The molecule has 0 aliphatic carbocycles. The first-order chi connectivity index (χ1) is 9.51. The van der Waals surface area contributed by atoms with Crippen molar-refractivity contribution in [2.24, 2.45) is 10.9 Å². The Balaban J connectivity index is 2.43. The highest BCUT2D eigenvalue weighted by Crippen LogP contribution is 2.32. The van der Waals surface area contributed by atoms with E-state index in [9.17, 15) is 0 Å². The minimum absolute atomic E-state index is 0.0919. The zero-order chi connectivity index (χ0) is 14.7.